The van der Waals surface area contributed by atoms with Crippen molar-refractivity contribution in [2.75, 3.05) is 30.3 Å². The number of aromatic nitrogens is 1. The molecule has 0 spiro atoms. The van der Waals surface area contributed by atoms with Gasteiger partial charge in [-0.1, -0.05) is 11.3 Å². The highest BCUT2D eigenvalue weighted by Crippen LogP contribution is 2.30. The van der Waals surface area contributed by atoms with Gasteiger partial charge in [0.25, 0.3) is 5.91 Å². The van der Waals surface area contributed by atoms with Gasteiger partial charge in [0.05, 0.1) is 6.10 Å². The molecule has 6 nitrogen and oxygen atoms in total. The molecule has 4 N–H and O–H groups in total. The van der Waals surface area contributed by atoms with Crippen molar-refractivity contribution < 1.29 is 9.90 Å². The maximum atomic E-state index is 12.0. The molecular formula is C12H20N4O2S. The summed E-state index contributed by atoms with van der Waals surface area (Å²) in [6, 6.07) is 0. The SMILES string of the molecule is CC(O)CCNC(=O)c1sc(N2CCCC2)nc1N. The van der Waals surface area contributed by atoms with Gasteiger partial charge in [-0.2, -0.15) is 0 Å². The maximum absolute atomic E-state index is 12.0. The highest BCUT2D eigenvalue weighted by atomic mass is 32.1. The molecule has 7 heteroatoms. The lowest BCUT2D eigenvalue weighted by molar-refractivity contribution is 0.0950. The van der Waals surface area contributed by atoms with E-state index in [0.717, 1.165) is 31.1 Å². The van der Waals surface area contributed by atoms with Gasteiger partial charge in [0.1, 0.15) is 10.7 Å². The van der Waals surface area contributed by atoms with Crippen molar-refractivity contribution in [1.29, 1.82) is 0 Å². The molecule has 0 radical (unpaired) electrons. The highest BCUT2D eigenvalue weighted by molar-refractivity contribution is 7.18. The first-order valence-electron chi connectivity index (χ1n) is 6.55. The van der Waals surface area contributed by atoms with Gasteiger partial charge in [0, 0.05) is 19.6 Å². The van der Waals surface area contributed by atoms with Crippen LogP contribution < -0.4 is 16.0 Å². The van der Waals surface area contributed by atoms with E-state index in [1.54, 1.807) is 6.92 Å². The van der Waals surface area contributed by atoms with Crippen molar-refractivity contribution in [2.45, 2.75) is 32.3 Å². The molecule has 0 aliphatic carbocycles. The zero-order valence-electron chi connectivity index (χ0n) is 11.1. The minimum Gasteiger partial charge on any atom is -0.393 e. The minimum absolute atomic E-state index is 0.207. The summed E-state index contributed by atoms with van der Waals surface area (Å²) in [4.78, 5) is 18.8. The molecule has 0 saturated carbocycles. The maximum Gasteiger partial charge on any atom is 0.265 e. The van der Waals surface area contributed by atoms with E-state index in [1.165, 1.54) is 11.3 Å². The van der Waals surface area contributed by atoms with E-state index < -0.39 is 6.10 Å². The number of amides is 1. The minimum atomic E-state index is -0.417. The first kappa shape index (κ1) is 14.1. The molecule has 0 bridgehead atoms. The molecular weight excluding hydrogens is 264 g/mol. The number of carbonyl (C=O) groups is 1. The number of thiazole rings is 1. The van der Waals surface area contributed by atoms with E-state index in [-0.39, 0.29) is 5.91 Å². The van der Waals surface area contributed by atoms with E-state index in [4.69, 9.17) is 10.8 Å². The average Bonchev–Trinajstić information content (AvgIpc) is 2.96. The van der Waals surface area contributed by atoms with Crippen molar-refractivity contribution in [1.82, 2.24) is 10.3 Å². The molecule has 106 valence electrons. The zero-order chi connectivity index (χ0) is 13.8. The number of hydrogen-bond donors (Lipinski definition) is 3. The smallest absolute Gasteiger partial charge is 0.265 e. The molecule has 1 aromatic heterocycles. The number of nitrogens with one attached hydrogen (secondary N) is 1. The Kier molecular flexibility index (Phi) is 4.60. The van der Waals surface area contributed by atoms with Crippen LogP contribution in [0.4, 0.5) is 10.9 Å². The van der Waals surface area contributed by atoms with Crippen LogP contribution in [0.15, 0.2) is 0 Å². The summed E-state index contributed by atoms with van der Waals surface area (Å²) in [5.41, 5.74) is 5.80. The Morgan fingerprint density at radius 3 is 2.89 bits per heavy atom. The van der Waals surface area contributed by atoms with Gasteiger partial charge in [-0.3, -0.25) is 4.79 Å². The van der Waals surface area contributed by atoms with Crippen molar-refractivity contribution in [3.8, 4) is 0 Å². The molecule has 1 atom stereocenters. The van der Waals surface area contributed by atoms with Gasteiger partial charge < -0.3 is 21.1 Å². The summed E-state index contributed by atoms with van der Waals surface area (Å²) in [6.07, 6.45) is 2.44. The van der Waals surface area contributed by atoms with Crippen molar-refractivity contribution in [3.63, 3.8) is 0 Å². The van der Waals surface area contributed by atoms with Crippen LogP contribution in [0.25, 0.3) is 0 Å². The number of aliphatic hydroxyl groups excluding tert-OH is 1. The fourth-order valence-electron chi connectivity index (χ4n) is 2.00. The zero-order valence-corrected chi connectivity index (χ0v) is 11.9. The summed E-state index contributed by atoms with van der Waals surface area (Å²) >= 11 is 1.34. The van der Waals surface area contributed by atoms with Crippen LogP contribution in [0.2, 0.25) is 0 Å². The lowest BCUT2D eigenvalue weighted by atomic mass is 10.3. The van der Waals surface area contributed by atoms with Gasteiger partial charge in [-0.25, -0.2) is 4.98 Å². The predicted octanol–water partition coefficient (Wildman–Crippen LogP) is 0.826. The molecule has 2 heterocycles. The fraction of sp³-hybridized carbons (Fsp3) is 0.667. The van der Waals surface area contributed by atoms with E-state index in [2.05, 4.69) is 15.2 Å². The number of anilines is 2. The van der Waals surface area contributed by atoms with E-state index in [9.17, 15) is 4.79 Å². The summed E-state index contributed by atoms with van der Waals surface area (Å²) in [6.45, 7) is 4.09. The molecule has 1 aliphatic heterocycles. The molecule has 1 aromatic rings. The van der Waals surface area contributed by atoms with Gasteiger partial charge in [-0.05, 0) is 26.2 Å². The van der Waals surface area contributed by atoms with Gasteiger partial charge in [0.15, 0.2) is 5.13 Å². The molecule has 2 rings (SSSR count). The van der Waals surface area contributed by atoms with Crippen molar-refractivity contribution >= 4 is 28.2 Å². The third-order valence-corrected chi connectivity index (χ3v) is 4.20. The molecule has 0 aromatic carbocycles. The normalized spacial score (nSPS) is 16.6. The fourth-order valence-corrected chi connectivity index (χ4v) is 2.95. The second kappa shape index (κ2) is 6.21. The van der Waals surface area contributed by atoms with E-state index >= 15 is 0 Å². The van der Waals surface area contributed by atoms with Crippen molar-refractivity contribution in [3.05, 3.63) is 4.88 Å². The average molecular weight is 284 g/mol. The summed E-state index contributed by atoms with van der Waals surface area (Å²) in [7, 11) is 0. The van der Waals surface area contributed by atoms with Gasteiger partial charge >= 0.3 is 0 Å². The Balaban J connectivity index is 1.97. The van der Waals surface area contributed by atoms with Crippen LogP contribution in [-0.2, 0) is 0 Å². The number of nitrogens with zero attached hydrogens (tertiary/aromatic N) is 2. The topological polar surface area (TPSA) is 91.5 Å². The summed E-state index contributed by atoms with van der Waals surface area (Å²) in [5.74, 6) is 0.0857. The number of rotatable bonds is 5. The number of aliphatic hydroxyl groups is 1. The summed E-state index contributed by atoms with van der Waals surface area (Å²) in [5, 5.41) is 12.7. The van der Waals surface area contributed by atoms with E-state index in [1.807, 2.05) is 0 Å². The van der Waals surface area contributed by atoms with Gasteiger partial charge in [0.2, 0.25) is 0 Å². The molecule has 1 amide bonds. The third-order valence-electron chi connectivity index (χ3n) is 3.07. The predicted molar refractivity (Wildman–Crippen MR) is 76.6 cm³/mol. The first-order valence-corrected chi connectivity index (χ1v) is 7.37. The van der Waals surface area contributed by atoms with E-state index in [0.29, 0.717) is 23.7 Å². The molecule has 19 heavy (non-hydrogen) atoms. The van der Waals surface area contributed by atoms with Crippen LogP contribution in [0, 0.1) is 0 Å². The highest BCUT2D eigenvalue weighted by Gasteiger charge is 2.21. The molecule has 1 fully saturated rings. The standard InChI is InChI=1S/C12H20N4O2S/c1-8(17)4-5-14-11(18)9-10(13)15-12(19-9)16-6-2-3-7-16/h8,17H,2-7,13H2,1H3,(H,14,18). The summed E-state index contributed by atoms with van der Waals surface area (Å²) < 4.78 is 0. The van der Waals surface area contributed by atoms with Crippen molar-refractivity contribution in [2.24, 2.45) is 0 Å². The van der Waals surface area contributed by atoms with Crippen LogP contribution in [0.1, 0.15) is 35.9 Å². The Morgan fingerprint density at radius 1 is 1.58 bits per heavy atom. The molecule has 1 saturated heterocycles. The Morgan fingerprint density at radius 2 is 2.26 bits per heavy atom. The lowest BCUT2D eigenvalue weighted by Crippen LogP contribution is -2.26. The van der Waals surface area contributed by atoms with Gasteiger partial charge in [-0.15, -0.1) is 0 Å². The van der Waals surface area contributed by atoms with Crippen LogP contribution in [0.3, 0.4) is 0 Å². The number of nitrogen functional groups attached to an aromatic ring is 1. The monoisotopic (exact) mass is 284 g/mol. The van der Waals surface area contributed by atoms with Crippen LogP contribution in [0.5, 0.6) is 0 Å². The third kappa shape index (κ3) is 3.57. The number of nitrogens with two attached hydrogens (primary N) is 1. The molecule has 1 aliphatic rings. The Hall–Kier alpha value is -1.34. The molecule has 1 unspecified atom stereocenters. The quantitative estimate of drug-likeness (QED) is 0.745. The Bertz CT molecular complexity index is 441. The Labute approximate surface area is 116 Å². The lowest BCUT2D eigenvalue weighted by Gasteiger charge is -2.11. The number of carbonyl (C=O) groups excluding carboxylic acids is 1. The van der Waals surface area contributed by atoms with Crippen LogP contribution in [-0.4, -0.2) is 41.7 Å². The van der Waals surface area contributed by atoms with Crippen LogP contribution >= 0.6 is 11.3 Å². The second-order valence-corrected chi connectivity index (χ2v) is 5.78. The largest absolute Gasteiger partial charge is 0.393 e. The second-order valence-electron chi connectivity index (χ2n) is 4.80. The first-order chi connectivity index (χ1) is 9.08. The number of hydrogen-bond acceptors (Lipinski definition) is 6.